The molecule has 3 aromatic carbocycles. The molecule has 0 atom stereocenters. The highest BCUT2D eigenvalue weighted by atomic mass is 16.1. The van der Waals surface area contributed by atoms with E-state index in [-0.39, 0.29) is 5.78 Å². The summed E-state index contributed by atoms with van der Waals surface area (Å²) >= 11 is 0. The number of rotatable bonds is 7. The molecule has 4 rings (SSSR count). The van der Waals surface area contributed by atoms with Gasteiger partial charge in [-0.2, -0.15) is 0 Å². The highest BCUT2D eigenvalue weighted by Crippen LogP contribution is 2.14. The van der Waals surface area contributed by atoms with E-state index in [0.717, 1.165) is 56.8 Å². The Morgan fingerprint density at radius 3 is 1.83 bits per heavy atom. The fourth-order valence-corrected chi connectivity index (χ4v) is 3.88. The van der Waals surface area contributed by atoms with Gasteiger partial charge in [-0.15, -0.1) is 0 Å². The van der Waals surface area contributed by atoms with Gasteiger partial charge in [0.05, 0.1) is 0 Å². The smallest absolute Gasteiger partial charge is 0.193 e. The zero-order valence-electron chi connectivity index (χ0n) is 16.8. The van der Waals surface area contributed by atoms with Crippen LogP contribution in [0.25, 0.3) is 0 Å². The van der Waals surface area contributed by atoms with E-state index < -0.39 is 0 Å². The van der Waals surface area contributed by atoms with Gasteiger partial charge in [-0.1, -0.05) is 84.9 Å². The third-order valence-corrected chi connectivity index (χ3v) is 5.68. The second-order valence-corrected chi connectivity index (χ2v) is 7.75. The van der Waals surface area contributed by atoms with E-state index in [4.69, 9.17) is 0 Å². The number of benzene rings is 3. The average molecular weight is 385 g/mol. The van der Waals surface area contributed by atoms with Crippen LogP contribution in [0, 0.1) is 0 Å². The van der Waals surface area contributed by atoms with Crippen LogP contribution in [-0.4, -0.2) is 48.3 Å². The van der Waals surface area contributed by atoms with Crippen molar-refractivity contribution in [1.82, 2.24) is 9.80 Å². The summed E-state index contributed by atoms with van der Waals surface area (Å²) in [7, 11) is 0. The zero-order valence-corrected chi connectivity index (χ0v) is 16.8. The van der Waals surface area contributed by atoms with E-state index >= 15 is 0 Å². The summed E-state index contributed by atoms with van der Waals surface area (Å²) < 4.78 is 0. The number of carbonyl (C=O) groups is 1. The van der Waals surface area contributed by atoms with E-state index in [1.54, 1.807) is 0 Å². The lowest BCUT2D eigenvalue weighted by Crippen LogP contribution is -2.46. The van der Waals surface area contributed by atoms with Crippen molar-refractivity contribution in [2.75, 3.05) is 32.7 Å². The normalized spacial score (nSPS) is 15.3. The van der Waals surface area contributed by atoms with Gasteiger partial charge in [-0.25, -0.2) is 0 Å². The van der Waals surface area contributed by atoms with Gasteiger partial charge in [-0.3, -0.25) is 9.69 Å². The molecule has 0 saturated carbocycles. The zero-order chi connectivity index (χ0) is 19.9. The van der Waals surface area contributed by atoms with Crippen LogP contribution in [0.5, 0.6) is 0 Å². The monoisotopic (exact) mass is 384 g/mol. The van der Waals surface area contributed by atoms with Crippen molar-refractivity contribution in [2.45, 2.75) is 13.0 Å². The van der Waals surface area contributed by atoms with Crippen LogP contribution < -0.4 is 0 Å². The average Bonchev–Trinajstić information content (AvgIpc) is 2.80. The Bertz CT molecular complexity index is 898. The van der Waals surface area contributed by atoms with Gasteiger partial charge in [0.1, 0.15) is 0 Å². The van der Waals surface area contributed by atoms with Crippen molar-refractivity contribution in [1.29, 1.82) is 0 Å². The van der Waals surface area contributed by atoms with Crippen molar-refractivity contribution in [3.8, 4) is 0 Å². The van der Waals surface area contributed by atoms with E-state index in [1.165, 1.54) is 11.1 Å². The number of piperazine rings is 1. The summed E-state index contributed by atoms with van der Waals surface area (Å²) in [5, 5.41) is 0. The molecule has 0 bridgehead atoms. The molecule has 0 N–H and O–H groups in total. The summed E-state index contributed by atoms with van der Waals surface area (Å²) in [6.45, 7) is 6.52. The molecule has 0 spiro atoms. The summed E-state index contributed by atoms with van der Waals surface area (Å²) in [5.41, 5.74) is 4.19. The number of ketones is 1. The first-order valence-electron chi connectivity index (χ1n) is 10.5. The van der Waals surface area contributed by atoms with Gasteiger partial charge in [-0.05, 0) is 17.5 Å². The Hall–Kier alpha value is -2.75. The summed E-state index contributed by atoms with van der Waals surface area (Å²) in [6.07, 6.45) is 1.12. The maximum atomic E-state index is 12.5. The van der Waals surface area contributed by atoms with Gasteiger partial charge < -0.3 is 4.90 Å². The second kappa shape index (κ2) is 9.64. The number of hydrogen-bond acceptors (Lipinski definition) is 3. The first kappa shape index (κ1) is 19.6. The lowest BCUT2D eigenvalue weighted by Gasteiger charge is -2.34. The Morgan fingerprint density at radius 1 is 0.621 bits per heavy atom. The van der Waals surface area contributed by atoms with E-state index in [1.807, 2.05) is 42.5 Å². The van der Waals surface area contributed by atoms with Gasteiger partial charge >= 0.3 is 0 Å². The molecule has 0 unspecified atom stereocenters. The molecule has 0 aromatic heterocycles. The van der Waals surface area contributed by atoms with Crippen molar-refractivity contribution < 1.29 is 4.79 Å². The van der Waals surface area contributed by atoms with Gasteiger partial charge in [0.2, 0.25) is 0 Å². The van der Waals surface area contributed by atoms with Gasteiger partial charge in [0.15, 0.2) is 5.78 Å². The minimum Gasteiger partial charge on any atom is -0.300 e. The molecule has 0 amide bonds. The predicted octanol–water partition coefficient (Wildman–Crippen LogP) is 4.28. The van der Waals surface area contributed by atoms with Crippen molar-refractivity contribution in [3.63, 3.8) is 0 Å². The molecule has 148 valence electrons. The predicted molar refractivity (Wildman–Crippen MR) is 118 cm³/mol. The summed E-state index contributed by atoms with van der Waals surface area (Å²) in [5.74, 6) is 0.0872. The highest BCUT2D eigenvalue weighted by Gasteiger charge is 2.17. The van der Waals surface area contributed by atoms with E-state index in [9.17, 15) is 4.79 Å². The van der Waals surface area contributed by atoms with Crippen LogP contribution >= 0.6 is 0 Å². The maximum absolute atomic E-state index is 12.5. The number of nitrogens with zero attached hydrogens (tertiary/aromatic N) is 2. The number of hydrogen-bond donors (Lipinski definition) is 0. The Kier molecular flexibility index (Phi) is 6.50. The fraction of sp³-hybridized carbons (Fsp3) is 0.269. The molecule has 1 heterocycles. The lowest BCUT2D eigenvalue weighted by atomic mass is 10.0. The van der Waals surface area contributed by atoms with Gasteiger partial charge in [0.25, 0.3) is 0 Å². The molecular weight excluding hydrogens is 356 g/mol. The molecule has 0 radical (unpaired) electrons. The largest absolute Gasteiger partial charge is 0.300 e. The van der Waals surface area contributed by atoms with E-state index in [2.05, 4.69) is 52.3 Å². The molecule has 1 fully saturated rings. The Morgan fingerprint density at radius 2 is 1.17 bits per heavy atom. The molecule has 3 heteroatoms. The first-order valence-corrected chi connectivity index (χ1v) is 10.5. The molecular formula is C26H28N2O. The Labute approximate surface area is 173 Å². The molecule has 1 aliphatic heterocycles. The molecule has 1 aliphatic rings. The molecule has 3 nitrogen and oxygen atoms in total. The van der Waals surface area contributed by atoms with Crippen molar-refractivity contribution >= 4 is 5.78 Å². The van der Waals surface area contributed by atoms with Crippen molar-refractivity contribution in [3.05, 3.63) is 107 Å². The minimum atomic E-state index is 0.0872. The number of carbonyl (C=O) groups excluding carboxylic acids is 1. The molecule has 1 saturated heterocycles. The van der Waals surface area contributed by atoms with E-state index in [0.29, 0.717) is 0 Å². The third kappa shape index (κ3) is 5.41. The van der Waals surface area contributed by atoms with Crippen LogP contribution in [0.2, 0.25) is 0 Å². The maximum Gasteiger partial charge on any atom is 0.193 e. The molecule has 3 aromatic rings. The third-order valence-electron chi connectivity index (χ3n) is 5.68. The highest BCUT2D eigenvalue weighted by molar-refractivity contribution is 6.08. The first-order chi connectivity index (χ1) is 14.3. The Balaban J connectivity index is 1.25. The van der Waals surface area contributed by atoms with Crippen molar-refractivity contribution in [2.24, 2.45) is 0 Å². The lowest BCUT2D eigenvalue weighted by molar-refractivity contribution is 0.103. The van der Waals surface area contributed by atoms with Crippen LogP contribution in [0.15, 0.2) is 84.9 Å². The molecule has 0 aliphatic carbocycles. The molecule has 29 heavy (non-hydrogen) atoms. The fourth-order valence-electron chi connectivity index (χ4n) is 3.88. The second-order valence-electron chi connectivity index (χ2n) is 7.75. The SMILES string of the molecule is O=C(c1ccccc1)c1ccc(CN2CCN(CCc3ccccc3)CC2)cc1. The van der Waals surface area contributed by atoms with Gasteiger partial charge in [0, 0.05) is 50.4 Å². The summed E-state index contributed by atoms with van der Waals surface area (Å²) in [4.78, 5) is 17.6. The minimum absolute atomic E-state index is 0.0872. The van der Waals surface area contributed by atoms with Crippen LogP contribution in [0.3, 0.4) is 0 Å². The van der Waals surface area contributed by atoms with Crippen LogP contribution in [0.1, 0.15) is 27.0 Å². The topological polar surface area (TPSA) is 23.6 Å². The standard InChI is InChI=1S/C26H28N2O/c29-26(24-9-5-2-6-10-24)25-13-11-23(12-14-25)21-28-19-17-27(18-20-28)16-15-22-7-3-1-4-8-22/h1-14H,15-21H2. The van der Waals surface area contributed by atoms with Crippen LogP contribution in [0.4, 0.5) is 0 Å². The summed E-state index contributed by atoms with van der Waals surface area (Å²) in [6, 6.07) is 28.3. The van der Waals surface area contributed by atoms with Crippen LogP contribution in [-0.2, 0) is 13.0 Å². The quantitative estimate of drug-likeness (QED) is 0.568.